The van der Waals surface area contributed by atoms with E-state index in [1.165, 1.54) is 0 Å². The highest BCUT2D eigenvalue weighted by atomic mass is 16.4. The van der Waals surface area contributed by atoms with E-state index in [0.717, 1.165) is 11.1 Å². The number of aryl methyl sites for hydroxylation is 2. The van der Waals surface area contributed by atoms with E-state index in [9.17, 15) is 20.1 Å². The fourth-order valence-electron chi connectivity index (χ4n) is 2.52. The summed E-state index contributed by atoms with van der Waals surface area (Å²) in [6.07, 6.45) is -4.57. The molecule has 0 amide bonds. The van der Waals surface area contributed by atoms with Gasteiger partial charge in [0.25, 0.3) is 0 Å². The number of hydrogen-bond acceptors (Lipinski definition) is 6. The minimum absolute atomic E-state index is 0.166. The summed E-state index contributed by atoms with van der Waals surface area (Å²) >= 11 is 0. The molecule has 0 aliphatic rings. The smallest absolute Gasteiger partial charge is 0.201 e. The summed E-state index contributed by atoms with van der Waals surface area (Å²) in [5.74, 6) is 0.166. The number of guanidine groups is 1. The van der Waals surface area contributed by atoms with Crippen molar-refractivity contribution in [2.45, 2.75) is 38.2 Å². The Morgan fingerprint density at radius 2 is 1.52 bits per heavy atom. The molecule has 0 fully saturated rings. The Hall–Kier alpha value is -2.78. The Balaban J connectivity index is 2.28. The Labute approximate surface area is 169 Å². The first-order valence-electron chi connectivity index (χ1n) is 9.20. The number of aliphatic hydroxyl groups is 4. The standard InChI is InChI=1S/C21H27N3O5/c1-13-3-7-15(8-4-13)22-21(23-16-9-5-14(2)6-10-16)24-17(11-25)19(28)20(29)18(27)12-26/h3-11,17-20,26-29H,12H2,1-2H3,(H2,22,23,24)/t17-,18+,19+,20+/m0/s1. The Morgan fingerprint density at radius 3 is 2.03 bits per heavy atom. The molecule has 0 radical (unpaired) electrons. The Kier molecular flexibility index (Phi) is 8.29. The fourth-order valence-corrected chi connectivity index (χ4v) is 2.52. The van der Waals surface area contributed by atoms with Crippen LogP contribution in [-0.4, -0.2) is 63.6 Å². The van der Waals surface area contributed by atoms with E-state index in [1.54, 1.807) is 12.1 Å². The van der Waals surface area contributed by atoms with Crippen LogP contribution in [0.4, 0.5) is 11.4 Å². The summed E-state index contributed by atoms with van der Waals surface area (Å²) in [6, 6.07) is 13.5. The highest BCUT2D eigenvalue weighted by Crippen LogP contribution is 2.15. The molecule has 8 heteroatoms. The van der Waals surface area contributed by atoms with Gasteiger partial charge in [-0.25, -0.2) is 4.99 Å². The summed E-state index contributed by atoms with van der Waals surface area (Å²) in [5.41, 5.74) is 3.44. The van der Waals surface area contributed by atoms with Crippen LogP contribution in [0, 0.1) is 13.8 Å². The van der Waals surface area contributed by atoms with Crippen LogP contribution in [0.1, 0.15) is 11.1 Å². The number of aliphatic hydroxyl groups excluding tert-OH is 4. The molecule has 0 unspecified atom stereocenters. The average molecular weight is 401 g/mol. The van der Waals surface area contributed by atoms with Gasteiger partial charge in [0.2, 0.25) is 5.96 Å². The lowest BCUT2D eigenvalue weighted by Crippen LogP contribution is -2.54. The summed E-state index contributed by atoms with van der Waals surface area (Å²) < 4.78 is 0. The molecule has 4 atom stereocenters. The quantitative estimate of drug-likeness (QED) is 0.217. The molecule has 0 saturated carbocycles. The summed E-state index contributed by atoms with van der Waals surface area (Å²) in [4.78, 5) is 16.0. The molecule has 8 nitrogen and oxygen atoms in total. The second-order valence-electron chi connectivity index (χ2n) is 6.82. The normalized spacial score (nSPS) is 15.9. The van der Waals surface area contributed by atoms with Gasteiger partial charge in [-0.3, -0.25) is 0 Å². The van der Waals surface area contributed by atoms with Crippen molar-refractivity contribution in [3.05, 3.63) is 59.7 Å². The third-order valence-corrected chi connectivity index (χ3v) is 4.34. The van der Waals surface area contributed by atoms with Crippen LogP contribution in [0.2, 0.25) is 0 Å². The predicted octanol–water partition coefficient (Wildman–Crippen LogP) is 0.635. The maximum atomic E-state index is 11.5. The average Bonchev–Trinajstić information content (AvgIpc) is 2.73. The first kappa shape index (κ1) is 22.5. The fraction of sp³-hybridized carbons (Fsp3) is 0.333. The Bertz CT molecular complexity index is 808. The number of hydrogen-bond donors (Lipinski definition) is 6. The van der Waals surface area contributed by atoms with Gasteiger partial charge in [-0.05, 0) is 38.1 Å². The van der Waals surface area contributed by atoms with Crippen LogP contribution >= 0.6 is 0 Å². The van der Waals surface area contributed by atoms with Gasteiger partial charge < -0.3 is 35.9 Å². The van der Waals surface area contributed by atoms with Crippen molar-refractivity contribution < 1.29 is 25.2 Å². The van der Waals surface area contributed by atoms with Gasteiger partial charge in [0, 0.05) is 5.69 Å². The number of nitrogens with one attached hydrogen (secondary N) is 2. The maximum Gasteiger partial charge on any atom is 0.201 e. The molecule has 0 saturated heterocycles. The predicted molar refractivity (Wildman–Crippen MR) is 111 cm³/mol. The molecule has 29 heavy (non-hydrogen) atoms. The minimum Gasteiger partial charge on any atom is -0.394 e. The molecule has 2 aromatic carbocycles. The van der Waals surface area contributed by atoms with Crippen molar-refractivity contribution in [3.63, 3.8) is 0 Å². The van der Waals surface area contributed by atoms with Crippen molar-refractivity contribution in [2.75, 3.05) is 11.9 Å². The van der Waals surface area contributed by atoms with E-state index in [0.29, 0.717) is 17.7 Å². The van der Waals surface area contributed by atoms with E-state index in [-0.39, 0.29) is 5.96 Å². The molecule has 0 aromatic heterocycles. The molecule has 2 rings (SSSR count). The van der Waals surface area contributed by atoms with Gasteiger partial charge in [-0.15, -0.1) is 0 Å². The van der Waals surface area contributed by atoms with Crippen LogP contribution in [0.5, 0.6) is 0 Å². The molecule has 0 spiro atoms. The van der Waals surface area contributed by atoms with E-state index in [1.807, 2.05) is 50.2 Å². The number of carbonyl (C=O) groups is 1. The maximum absolute atomic E-state index is 11.5. The monoisotopic (exact) mass is 401 g/mol. The molecule has 0 heterocycles. The molecule has 0 aliphatic carbocycles. The first-order chi connectivity index (χ1) is 13.8. The Morgan fingerprint density at radius 1 is 0.966 bits per heavy atom. The highest BCUT2D eigenvalue weighted by molar-refractivity contribution is 5.96. The number of nitrogens with zero attached hydrogens (tertiary/aromatic N) is 1. The van der Waals surface area contributed by atoms with E-state index < -0.39 is 31.0 Å². The zero-order valence-electron chi connectivity index (χ0n) is 16.4. The summed E-state index contributed by atoms with van der Waals surface area (Å²) in [6.45, 7) is 3.15. The lowest BCUT2D eigenvalue weighted by Gasteiger charge is -2.27. The number of rotatable bonds is 8. The van der Waals surface area contributed by atoms with E-state index >= 15 is 0 Å². The number of anilines is 1. The highest BCUT2D eigenvalue weighted by Gasteiger charge is 2.31. The molecule has 2 aromatic rings. The van der Waals surface area contributed by atoms with E-state index in [2.05, 4.69) is 15.6 Å². The molecule has 6 N–H and O–H groups in total. The first-order valence-corrected chi connectivity index (χ1v) is 9.20. The van der Waals surface area contributed by atoms with Crippen LogP contribution in [0.15, 0.2) is 53.5 Å². The minimum atomic E-state index is -1.72. The van der Waals surface area contributed by atoms with Crippen molar-refractivity contribution >= 4 is 23.6 Å². The zero-order valence-corrected chi connectivity index (χ0v) is 16.4. The number of aldehydes is 1. The number of carbonyl (C=O) groups excluding carboxylic acids is 1. The van der Waals surface area contributed by atoms with E-state index in [4.69, 9.17) is 5.11 Å². The van der Waals surface area contributed by atoms with Crippen molar-refractivity contribution in [1.29, 1.82) is 0 Å². The topological polar surface area (TPSA) is 134 Å². The van der Waals surface area contributed by atoms with Gasteiger partial charge >= 0.3 is 0 Å². The van der Waals surface area contributed by atoms with Crippen molar-refractivity contribution in [3.8, 4) is 0 Å². The van der Waals surface area contributed by atoms with Gasteiger partial charge in [-0.1, -0.05) is 35.4 Å². The van der Waals surface area contributed by atoms with Crippen LogP contribution in [0.25, 0.3) is 0 Å². The largest absolute Gasteiger partial charge is 0.394 e. The van der Waals surface area contributed by atoms with Gasteiger partial charge in [0.1, 0.15) is 30.6 Å². The second kappa shape index (κ2) is 10.7. The van der Waals surface area contributed by atoms with Crippen LogP contribution < -0.4 is 10.6 Å². The molecule has 0 aliphatic heterocycles. The van der Waals surface area contributed by atoms with Gasteiger partial charge in [-0.2, -0.15) is 0 Å². The molecule has 156 valence electrons. The molecule has 0 bridgehead atoms. The van der Waals surface area contributed by atoms with Crippen molar-refractivity contribution in [1.82, 2.24) is 5.32 Å². The number of aliphatic imine (C=N–C) groups is 1. The third-order valence-electron chi connectivity index (χ3n) is 4.34. The lowest BCUT2D eigenvalue weighted by atomic mass is 10.0. The summed E-state index contributed by atoms with van der Waals surface area (Å²) in [7, 11) is 0. The molecular formula is C21H27N3O5. The van der Waals surface area contributed by atoms with Gasteiger partial charge in [0.05, 0.1) is 12.3 Å². The lowest BCUT2D eigenvalue weighted by molar-refractivity contribution is -0.119. The SMILES string of the molecule is Cc1ccc(N=C(Nc2ccc(C)cc2)N[C@@H](C=O)[C@@H](O)[C@H](O)[C@H](O)CO)cc1. The summed E-state index contributed by atoms with van der Waals surface area (Å²) in [5, 5.41) is 44.5. The van der Waals surface area contributed by atoms with Crippen LogP contribution in [0.3, 0.4) is 0 Å². The zero-order chi connectivity index (χ0) is 21.4. The molecular weight excluding hydrogens is 374 g/mol. The van der Waals surface area contributed by atoms with Crippen molar-refractivity contribution in [2.24, 2.45) is 4.99 Å². The third kappa shape index (κ3) is 6.65. The van der Waals surface area contributed by atoms with Crippen LogP contribution in [-0.2, 0) is 4.79 Å². The van der Waals surface area contributed by atoms with Gasteiger partial charge in [0.15, 0.2) is 0 Å². The number of benzene rings is 2. The second-order valence-corrected chi connectivity index (χ2v) is 6.82.